The Bertz CT molecular complexity index is 368. The molecule has 21 heavy (non-hydrogen) atoms. The van der Waals surface area contributed by atoms with Crippen LogP contribution in [0.1, 0.15) is 60.8 Å². The van der Waals surface area contributed by atoms with Crippen molar-refractivity contribution >= 4 is 37.5 Å². The first-order valence-electron chi connectivity index (χ1n) is 6.94. The zero-order valence-electron chi connectivity index (χ0n) is 13.5. The van der Waals surface area contributed by atoms with E-state index in [4.69, 9.17) is 9.37 Å². The minimum atomic E-state index is -4.79. The van der Waals surface area contributed by atoms with E-state index in [1.54, 1.807) is 41.5 Å². The van der Waals surface area contributed by atoms with Gasteiger partial charge in [0.1, 0.15) is 0 Å². The molecule has 0 unspecified atom stereocenters. The van der Waals surface area contributed by atoms with Gasteiger partial charge in [0, 0.05) is 0 Å². The van der Waals surface area contributed by atoms with Crippen molar-refractivity contribution in [1.82, 2.24) is 0 Å². The van der Waals surface area contributed by atoms with Crippen LogP contribution in [0, 0.1) is 0 Å². The summed E-state index contributed by atoms with van der Waals surface area (Å²) in [5, 5.41) is 0. The first-order chi connectivity index (χ1) is 9.61. The van der Waals surface area contributed by atoms with Crippen LogP contribution in [0.5, 0.6) is 0 Å². The molecule has 0 aliphatic heterocycles. The van der Waals surface area contributed by atoms with Gasteiger partial charge in [-0.1, -0.05) is 0 Å². The molecule has 0 aromatic heterocycles. The quantitative estimate of drug-likeness (QED) is 0.362. The number of hydrogen-bond acceptors (Lipinski definition) is 7. The van der Waals surface area contributed by atoms with Crippen molar-refractivity contribution in [3.8, 4) is 0 Å². The standard InChI is InChI=1S/C4H9.C3H6O3.2C3H6O2.Sn/c1-4(2)3;1-2-3(4)6-5;2*1-2-3(4)5;/h1-3H3;5H,2H2,1H3;2*2H2,1H3,(H,4,5);/q;;;;+3/p-3. The van der Waals surface area contributed by atoms with Gasteiger partial charge in [0.2, 0.25) is 0 Å². The number of carbonyl (C=O) groups is 3. The van der Waals surface area contributed by atoms with Crippen molar-refractivity contribution in [1.29, 1.82) is 0 Å². The normalized spacial score (nSPS) is 11.7. The van der Waals surface area contributed by atoms with Crippen molar-refractivity contribution in [3.63, 3.8) is 0 Å². The monoisotopic (exact) mass is 412 g/mol. The van der Waals surface area contributed by atoms with Gasteiger partial charge in [-0.2, -0.15) is 0 Å². The fourth-order valence-electron chi connectivity index (χ4n) is 1.09. The molecule has 0 heterocycles. The molecule has 0 N–H and O–H groups in total. The number of rotatable bonds is 7. The Kier molecular flexibility index (Phi) is 8.23. The minimum absolute atomic E-state index is 0.0928. The summed E-state index contributed by atoms with van der Waals surface area (Å²) in [5.74, 6) is -1.74. The van der Waals surface area contributed by atoms with Crippen LogP contribution in [-0.2, 0) is 28.6 Å². The van der Waals surface area contributed by atoms with E-state index in [1.807, 2.05) is 0 Å². The van der Waals surface area contributed by atoms with E-state index in [2.05, 4.69) is 4.89 Å². The average molecular weight is 411 g/mol. The van der Waals surface area contributed by atoms with Gasteiger partial charge >= 0.3 is 130 Å². The van der Waals surface area contributed by atoms with Crippen molar-refractivity contribution in [2.75, 3.05) is 0 Å². The Labute approximate surface area is 130 Å². The molecule has 122 valence electrons. The van der Waals surface area contributed by atoms with Crippen LogP contribution < -0.4 is 0 Å². The van der Waals surface area contributed by atoms with Crippen molar-refractivity contribution in [2.45, 2.75) is 64.2 Å². The molecule has 8 heteroatoms. The van der Waals surface area contributed by atoms with Gasteiger partial charge < -0.3 is 0 Å². The second kappa shape index (κ2) is 8.57. The van der Waals surface area contributed by atoms with E-state index in [0.29, 0.717) is 0 Å². The molecule has 0 saturated heterocycles. The Morgan fingerprint density at radius 3 is 1.48 bits per heavy atom. The molecule has 0 fully saturated rings. The number of hydrogen-bond donors (Lipinski definition) is 0. The van der Waals surface area contributed by atoms with Gasteiger partial charge in [-0.25, -0.2) is 0 Å². The second-order valence-electron chi connectivity index (χ2n) is 5.35. The average Bonchev–Trinajstić information content (AvgIpc) is 2.42. The van der Waals surface area contributed by atoms with Crippen molar-refractivity contribution < 1.29 is 28.6 Å². The maximum atomic E-state index is 11.7. The summed E-state index contributed by atoms with van der Waals surface area (Å²) < 4.78 is 15.1. The molecule has 0 spiro atoms. The third-order valence-corrected chi connectivity index (χ3v) is 11.5. The Morgan fingerprint density at radius 2 is 1.19 bits per heavy atom. The molecule has 0 aliphatic rings. The fraction of sp³-hybridized carbons (Fsp3) is 0.769. The van der Waals surface area contributed by atoms with Crippen LogP contribution in [0.3, 0.4) is 0 Å². The zero-order valence-corrected chi connectivity index (χ0v) is 16.3. The van der Waals surface area contributed by atoms with Gasteiger partial charge in [-0.15, -0.1) is 0 Å². The van der Waals surface area contributed by atoms with E-state index in [1.165, 1.54) is 0 Å². The molecule has 0 atom stereocenters. The van der Waals surface area contributed by atoms with Gasteiger partial charge in [0.05, 0.1) is 0 Å². The van der Waals surface area contributed by atoms with Crippen LogP contribution in [0.25, 0.3) is 0 Å². The third-order valence-electron chi connectivity index (χ3n) is 2.53. The summed E-state index contributed by atoms with van der Waals surface area (Å²) in [6.45, 7) is 9.97. The molecule has 0 aromatic rings. The van der Waals surface area contributed by atoms with E-state index >= 15 is 0 Å². The molecule has 0 radical (unpaired) electrons. The van der Waals surface area contributed by atoms with E-state index in [9.17, 15) is 14.4 Å². The van der Waals surface area contributed by atoms with Gasteiger partial charge in [0.15, 0.2) is 0 Å². The molecule has 0 aromatic carbocycles. The zero-order chi connectivity index (χ0) is 16.7. The molecule has 0 rings (SSSR count). The van der Waals surface area contributed by atoms with Gasteiger partial charge in [-0.05, 0) is 0 Å². The molecule has 0 bridgehead atoms. The first-order valence-corrected chi connectivity index (χ1v) is 11.9. The van der Waals surface area contributed by atoms with E-state index in [-0.39, 0.29) is 19.3 Å². The van der Waals surface area contributed by atoms with Crippen molar-refractivity contribution in [2.24, 2.45) is 0 Å². The van der Waals surface area contributed by atoms with Crippen LogP contribution in [0.15, 0.2) is 0 Å². The molecular formula is C13H24O7Sn. The fourth-order valence-corrected chi connectivity index (χ4v) is 6.98. The summed E-state index contributed by atoms with van der Waals surface area (Å²) in [6, 6.07) is 0. The second-order valence-corrected chi connectivity index (χ2v) is 14.5. The van der Waals surface area contributed by atoms with E-state index in [0.717, 1.165) is 0 Å². The first kappa shape index (κ1) is 20.2. The predicted octanol–water partition coefficient (Wildman–Crippen LogP) is 2.52. The van der Waals surface area contributed by atoms with Crippen LogP contribution in [0.2, 0.25) is 3.43 Å². The molecule has 0 aliphatic carbocycles. The summed E-state index contributed by atoms with van der Waals surface area (Å²) in [4.78, 5) is 39.3. The van der Waals surface area contributed by atoms with Crippen LogP contribution in [-0.4, -0.2) is 37.5 Å². The summed E-state index contributed by atoms with van der Waals surface area (Å²) >= 11 is -4.79. The van der Waals surface area contributed by atoms with Gasteiger partial charge in [-0.3, -0.25) is 0 Å². The van der Waals surface area contributed by atoms with Gasteiger partial charge in [0.25, 0.3) is 0 Å². The Morgan fingerprint density at radius 1 is 0.810 bits per heavy atom. The Hall–Kier alpha value is -0.831. The van der Waals surface area contributed by atoms with Crippen molar-refractivity contribution in [3.05, 3.63) is 0 Å². The topological polar surface area (TPSA) is 88.1 Å². The predicted molar refractivity (Wildman–Crippen MR) is 75.7 cm³/mol. The van der Waals surface area contributed by atoms with Crippen LogP contribution >= 0.6 is 0 Å². The SMILES string of the molecule is CCC(=O)O[O][Sn]([O]C(=O)CC)([O]C(=O)CC)[C](C)(C)C. The maximum absolute atomic E-state index is 11.7. The third kappa shape index (κ3) is 6.21. The van der Waals surface area contributed by atoms with E-state index < -0.39 is 41.0 Å². The summed E-state index contributed by atoms with van der Waals surface area (Å²) in [6.07, 6.45) is 0.294. The molecule has 0 amide bonds. The molecular weight excluding hydrogens is 387 g/mol. The van der Waals surface area contributed by atoms with Crippen LogP contribution in [0.4, 0.5) is 0 Å². The molecule has 7 nitrogen and oxygen atoms in total. The summed E-state index contributed by atoms with van der Waals surface area (Å²) in [5.41, 5.74) is 0. The Balaban J connectivity index is 5.44. The molecule has 0 saturated carbocycles. The number of carbonyl (C=O) groups excluding carboxylic acids is 3. The summed E-state index contributed by atoms with van der Waals surface area (Å²) in [7, 11) is 0.